The van der Waals surface area contributed by atoms with Crippen LogP contribution >= 0.6 is 0 Å². The van der Waals surface area contributed by atoms with Crippen molar-refractivity contribution >= 4 is 15.8 Å². The molecule has 8 heteroatoms. The zero-order valence-electron chi connectivity index (χ0n) is 16.3. The average molecular weight is 400 g/mol. The molecule has 0 bridgehead atoms. The van der Waals surface area contributed by atoms with Crippen molar-refractivity contribution in [1.29, 1.82) is 0 Å². The summed E-state index contributed by atoms with van der Waals surface area (Å²) in [6.45, 7) is 3.90. The van der Waals surface area contributed by atoms with Gasteiger partial charge in [0.15, 0.2) is 5.96 Å². The molecule has 1 fully saturated rings. The van der Waals surface area contributed by atoms with Gasteiger partial charge in [-0.3, -0.25) is 4.99 Å². The summed E-state index contributed by atoms with van der Waals surface area (Å²) >= 11 is 0. The number of guanidine groups is 1. The Labute approximate surface area is 161 Å². The van der Waals surface area contributed by atoms with E-state index in [-0.39, 0.29) is 23.0 Å². The van der Waals surface area contributed by atoms with E-state index >= 15 is 0 Å². The molecule has 1 aromatic carbocycles. The molecule has 0 amide bonds. The Hall–Kier alpha value is -1.67. The summed E-state index contributed by atoms with van der Waals surface area (Å²) in [4.78, 5) is 4.25. The Bertz CT molecular complexity index is 729. The van der Waals surface area contributed by atoms with Crippen LogP contribution in [0, 0.1) is 5.82 Å². The highest BCUT2D eigenvalue weighted by atomic mass is 32.2. The van der Waals surface area contributed by atoms with E-state index < -0.39 is 9.84 Å². The average Bonchev–Trinajstić information content (AvgIpc) is 2.64. The molecule has 0 spiro atoms. The molecule has 152 valence electrons. The molecule has 1 atom stereocenters. The summed E-state index contributed by atoms with van der Waals surface area (Å²) in [5, 5.41) is 6.60. The molecule has 0 aromatic heterocycles. The highest BCUT2D eigenvalue weighted by molar-refractivity contribution is 7.90. The number of benzene rings is 1. The van der Waals surface area contributed by atoms with Gasteiger partial charge >= 0.3 is 0 Å². The van der Waals surface area contributed by atoms with Gasteiger partial charge in [0.25, 0.3) is 0 Å². The summed E-state index contributed by atoms with van der Waals surface area (Å²) in [6, 6.07) is 6.64. The summed E-state index contributed by atoms with van der Waals surface area (Å²) in [5.74, 6) is 0.518. The maximum absolute atomic E-state index is 13.3. The lowest BCUT2D eigenvalue weighted by molar-refractivity contribution is 0.0513. The van der Waals surface area contributed by atoms with Gasteiger partial charge in [-0.1, -0.05) is 12.1 Å². The number of halogens is 1. The monoisotopic (exact) mass is 399 g/mol. The molecule has 1 aromatic rings. The van der Waals surface area contributed by atoms with Crippen LogP contribution in [0.4, 0.5) is 4.39 Å². The lowest BCUT2D eigenvalue weighted by Crippen LogP contribution is -2.49. The minimum Gasteiger partial charge on any atom is -0.381 e. The number of sulfone groups is 1. The van der Waals surface area contributed by atoms with E-state index in [2.05, 4.69) is 15.6 Å². The van der Waals surface area contributed by atoms with Gasteiger partial charge in [-0.25, -0.2) is 12.8 Å². The number of nitrogens with zero attached hydrogens (tertiary/aromatic N) is 1. The first kappa shape index (κ1) is 21.6. The van der Waals surface area contributed by atoms with E-state index in [4.69, 9.17) is 4.74 Å². The molecule has 1 saturated heterocycles. The van der Waals surface area contributed by atoms with Crippen molar-refractivity contribution in [2.24, 2.45) is 4.99 Å². The SMILES string of the molecule is CN=C(NCC1(c2ccc(F)cc2)CCOCC1)NC(C)CCS(C)(=O)=O. The predicted molar refractivity (Wildman–Crippen MR) is 106 cm³/mol. The summed E-state index contributed by atoms with van der Waals surface area (Å²) in [6.07, 6.45) is 3.43. The van der Waals surface area contributed by atoms with Gasteiger partial charge in [-0.05, 0) is 43.9 Å². The normalized spacial score (nSPS) is 18.7. The van der Waals surface area contributed by atoms with E-state index in [1.54, 1.807) is 7.05 Å². The number of aliphatic imine (C=N–C) groups is 1. The molecule has 1 aliphatic heterocycles. The maximum Gasteiger partial charge on any atom is 0.191 e. The predicted octanol–water partition coefficient (Wildman–Crippen LogP) is 1.86. The van der Waals surface area contributed by atoms with Crippen LogP contribution < -0.4 is 10.6 Å². The third-order valence-electron chi connectivity index (χ3n) is 5.03. The number of hydrogen-bond donors (Lipinski definition) is 2. The first-order valence-electron chi connectivity index (χ1n) is 9.23. The second-order valence-electron chi connectivity index (χ2n) is 7.29. The number of hydrogen-bond acceptors (Lipinski definition) is 4. The lowest BCUT2D eigenvalue weighted by atomic mass is 9.74. The van der Waals surface area contributed by atoms with Gasteiger partial charge in [0, 0.05) is 44.5 Å². The Morgan fingerprint density at radius 2 is 1.93 bits per heavy atom. The summed E-state index contributed by atoms with van der Waals surface area (Å²) in [7, 11) is -1.30. The molecule has 2 rings (SSSR count). The van der Waals surface area contributed by atoms with Crippen molar-refractivity contribution in [1.82, 2.24) is 10.6 Å². The molecule has 0 saturated carbocycles. The molecule has 1 aliphatic rings. The lowest BCUT2D eigenvalue weighted by Gasteiger charge is -2.38. The number of nitrogens with one attached hydrogen (secondary N) is 2. The topological polar surface area (TPSA) is 79.8 Å². The second-order valence-corrected chi connectivity index (χ2v) is 9.55. The van der Waals surface area contributed by atoms with Crippen LogP contribution in [-0.4, -0.2) is 59.2 Å². The maximum atomic E-state index is 13.3. The minimum atomic E-state index is -2.99. The third kappa shape index (κ3) is 6.77. The van der Waals surface area contributed by atoms with Crippen LogP contribution in [-0.2, 0) is 20.0 Å². The molecule has 1 unspecified atom stereocenters. The van der Waals surface area contributed by atoms with Gasteiger partial charge in [0.1, 0.15) is 15.7 Å². The molecule has 0 radical (unpaired) electrons. The molecule has 2 N–H and O–H groups in total. The summed E-state index contributed by atoms with van der Waals surface area (Å²) in [5.41, 5.74) is 0.930. The molecule has 0 aliphatic carbocycles. The van der Waals surface area contributed by atoms with Crippen LogP contribution in [0.15, 0.2) is 29.3 Å². The van der Waals surface area contributed by atoms with Crippen molar-refractivity contribution in [3.8, 4) is 0 Å². The Kier molecular flexibility index (Phi) is 7.61. The van der Waals surface area contributed by atoms with E-state index in [0.29, 0.717) is 32.1 Å². The molecule has 6 nitrogen and oxygen atoms in total. The first-order chi connectivity index (χ1) is 12.7. The zero-order chi connectivity index (χ0) is 19.9. The molecule has 1 heterocycles. The zero-order valence-corrected chi connectivity index (χ0v) is 17.1. The summed E-state index contributed by atoms with van der Waals surface area (Å²) < 4.78 is 41.5. The van der Waals surface area contributed by atoms with E-state index in [1.165, 1.54) is 18.4 Å². The Morgan fingerprint density at radius 3 is 2.48 bits per heavy atom. The van der Waals surface area contributed by atoms with Crippen LogP contribution in [0.2, 0.25) is 0 Å². The fraction of sp³-hybridized carbons (Fsp3) is 0.632. The van der Waals surface area contributed by atoms with Gasteiger partial charge in [-0.2, -0.15) is 0 Å². The smallest absolute Gasteiger partial charge is 0.191 e. The second kappa shape index (κ2) is 9.50. The molecule has 27 heavy (non-hydrogen) atoms. The number of rotatable bonds is 7. The fourth-order valence-electron chi connectivity index (χ4n) is 3.28. The quantitative estimate of drug-likeness (QED) is 0.540. The van der Waals surface area contributed by atoms with Gasteiger partial charge < -0.3 is 15.4 Å². The van der Waals surface area contributed by atoms with Crippen molar-refractivity contribution < 1.29 is 17.5 Å². The van der Waals surface area contributed by atoms with Gasteiger partial charge in [0.2, 0.25) is 0 Å². The van der Waals surface area contributed by atoms with E-state index in [1.807, 2.05) is 19.1 Å². The van der Waals surface area contributed by atoms with Crippen LogP contribution in [0.25, 0.3) is 0 Å². The third-order valence-corrected chi connectivity index (χ3v) is 6.01. The van der Waals surface area contributed by atoms with Gasteiger partial charge in [-0.15, -0.1) is 0 Å². The minimum absolute atomic E-state index is 0.0256. The highest BCUT2D eigenvalue weighted by Crippen LogP contribution is 2.34. The van der Waals surface area contributed by atoms with E-state index in [0.717, 1.165) is 18.4 Å². The van der Waals surface area contributed by atoms with Crippen molar-refractivity contribution in [2.45, 2.75) is 37.6 Å². The molecular formula is C19H30FN3O3S. The van der Waals surface area contributed by atoms with Crippen LogP contribution in [0.1, 0.15) is 31.7 Å². The van der Waals surface area contributed by atoms with E-state index in [9.17, 15) is 12.8 Å². The Balaban J connectivity index is 2.01. The first-order valence-corrected chi connectivity index (χ1v) is 11.3. The van der Waals surface area contributed by atoms with Crippen molar-refractivity contribution in [2.75, 3.05) is 38.8 Å². The molecular weight excluding hydrogens is 369 g/mol. The van der Waals surface area contributed by atoms with Crippen molar-refractivity contribution in [3.05, 3.63) is 35.6 Å². The van der Waals surface area contributed by atoms with Crippen LogP contribution in [0.5, 0.6) is 0 Å². The van der Waals surface area contributed by atoms with Crippen LogP contribution in [0.3, 0.4) is 0 Å². The number of ether oxygens (including phenoxy) is 1. The van der Waals surface area contributed by atoms with Crippen molar-refractivity contribution in [3.63, 3.8) is 0 Å². The fourth-order valence-corrected chi connectivity index (χ4v) is 4.06. The standard InChI is InChI=1S/C19H30FN3O3S/c1-15(8-13-27(3,24)25)23-18(21-2)22-14-19(9-11-26-12-10-19)16-4-6-17(20)7-5-16/h4-7,15H,8-14H2,1-3H3,(H2,21,22,23). The highest BCUT2D eigenvalue weighted by Gasteiger charge is 2.34. The largest absolute Gasteiger partial charge is 0.381 e. The Morgan fingerprint density at radius 1 is 1.30 bits per heavy atom. The van der Waals surface area contributed by atoms with Gasteiger partial charge in [0.05, 0.1) is 5.75 Å².